The van der Waals surface area contributed by atoms with Crippen LogP contribution in [0.5, 0.6) is 5.75 Å². The van der Waals surface area contributed by atoms with Gasteiger partial charge in [0, 0.05) is 22.3 Å². The molecule has 3 N–H and O–H groups in total. The molecule has 2 aromatic rings. The Morgan fingerprint density at radius 3 is 2.45 bits per heavy atom. The molecule has 2 rings (SSSR count). The Labute approximate surface area is 184 Å². The summed E-state index contributed by atoms with van der Waals surface area (Å²) in [5, 5.41) is 8.54. The van der Waals surface area contributed by atoms with Gasteiger partial charge in [0.2, 0.25) is 5.91 Å². The van der Waals surface area contributed by atoms with E-state index in [1.165, 1.54) is 0 Å². The lowest BCUT2D eigenvalue weighted by molar-refractivity contribution is -0.115. The summed E-state index contributed by atoms with van der Waals surface area (Å²) in [7, 11) is 0. The third-order valence-corrected chi connectivity index (χ3v) is 4.41. The van der Waals surface area contributed by atoms with Crippen molar-refractivity contribution in [2.75, 3.05) is 17.2 Å². The fraction of sp³-hybridized carbons (Fsp3) is 0.286. The number of anilines is 2. The van der Waals surface area contributed by atoms with Gasteiger partial charge in [-0.15, -0.1) is 0 Å². The first kappa shape index (κ1) is 22.8. The van der Waals surface area contributed by atoms with Crippen molar-refractivity contribution in [1.29, 1.82) is 0 Å². The molecule has 0 fully saturated rings. The van der Waals surface area contributed by atoms with Crippen molar-refractivity contribution >= 4 is 56.4 Å². The van der Waals surface area contributed by atoms with Gasteiger partial charge in [-0.1, -0.05) is 42.8 Å². The van der Waals surface area contributed by atoms with E-state index in [4.69, 9.17) is 17.0 Å². The molecule has 0 aliphatic rings. The van der Waals surface area contributed by atoms with Crippen LogP contribution in [-0.2, 0) is 4.79 Å². The van der Waals surface area contributed by atoms with Gasteiger partial charge in [-0.25, -0.2) is 0 Å². The Kier molecular flexibility index (Phi) is 8.60. The van der Waals surface area contributed by atoms with Crippen LogP contribution in [0, 0.1) is 5.92 Å². The fourth-order valence-corrected chi connectivity index (χ4v) is 2.89. The maximum absolute atomic E-state index is 12.7. The van der Waals surface area contributed by atoms with Gasteiger partial charge in [-0.2, -0.15) is 0 Å². The first-order chi connectivity index (χ1) is 13.8. The van der Waals surface area contributed by atoms with Gasteiger partial charge in [-0.3, -0.25) is 14.9 Å². The van der Waals surface area contributed by atoms with E-state index < -0.39 is 0 Å². The van der Waals surface area contributed by atoms with Crippen LogP contribution in [0.2, 0.25) is 0 Å². The minimum atomic E-state index is -0.377. The summed E-state index contributed by atoms with van der Waals surface area (Å²) in [6.45, 7) is 6.35. The summed E-state index contributed by atoms with van der Waals surface area (Å²) in [6, 6.07) is 12.3. The molecule has 0 aromatic heterocycles. The van der Waals surface area contributed by atoms with Crippen molar-refractivity contribution in [2.45, 2.75) is 27.2 Å². The summed E-state index contributed by atoms with van der Waals surface area (Å²) >= 11 is 8.65. The smallest absolute Gasteiger partial charge is 0.261 e. The Bertz CT molecular complexity index is 902. The molecule has 8 heteroatoms. The number of carbonyl (C=O) groups is 2. The van der Waals surface area contributed by atoms with Crippen molar-refractivity contribution < 1.29 is 14.3 Å². The highest BCUT2D eigenvalue weighted by Gasteiger charge is 2.15. The molecule has 0 saturated heterocycles. The average Bonchev–Trinajstić information content (AvgIpc) is 2.66. The van der Waals surface area contributed by atoms with Crippen LogP contribution in [0.4, 0.5) is 11.4 Å². The molecule has 0 aliphatic heterocycles. The molecule has 29 heavy (non-hydrogen) atoms. The van der Waals surface area contributed by atoms with E-state index in [0.717, 1.165) is 4.47 Å². The molecular weight excluding hydrogens is 454 g/mol. The molecule has 0 spiro atoms. The predicted molar refractivity (Wildman–Crippen MR) is 124 cm³/mol. The highest BCUT2D eigenvalue weighted by molar-refractivity contribution is 9.10. The quantitative estimate of drug-likeness (QED) is 0.491. The minimum Gasteiger partial charge on any atom is -0.492 e. The number of benzene rings is 2. The zero-order valence-corrected chi connectivity index (χ0v) is 18.9. The number of hydrogen-bond donors (Lipinski definition) is 3. The van der Waals surface area contributed by atoms with Crippen LogP contribution >= 0.6 is 28.1 Å². The second kappa shape index (κ2) is 10.9. The first-order valence-corrected chi connectivity index (χ1v) is 10.4. The summed E-state index contributed by atoms with van der Waals surface area (Å²) in [4.78, 5) is 24.3. The van der Waals surface area contributed by atoms with Crippen molar-refractivity contribution in [2.24, 2.45) is 5.92 Å². The van der Waals surface area contributed by atoms with Crippen molar-refractivity contribution in [3.63, 3.8) is 0 Å². The number of amides is 2. The van der Waals surface area contributed by atoms with E-state index in [0.29, 0.717) is 41.6 Å². The van der Waals surface area contributed by atoms with Crippen LogP contribution in [0.3, 0.4) is 0 Å². The number of nitrogens with one attached hydrogen (secondary N) is 3. The summed E-state index contributed by atoms with van der Waals surface area (Å²) < 4.78 is 6.51. The third kappa shape index (κ3) is 7.47. The number of rotatable bonds is 7. The summed E-state index contributed by atoms with van der Waals surface area (Å²) in [5.74, 6) is 0.365. The van der Waals surface area contributed by atoms with E-state index in [1.807, 2.05) is 19.9 Å². The molecule has 0 aliphatic carbocycles. The second-order valence-electron chi connectivity index (χ2n) is 6.74. The van der Waals surface area contributed by atoms with Crippen LogP contribution in [0.15, 0.2) is 46.9 Å². The van der Waals surface area contributed by atoms with Crippen molar-refractivity contribution in [1.82, 2.24) is 5.32 Å². The molecule has 0 unspecified atom stereocenters. The molecule has 154 valence electrons. The van der Waals surface area contributed by atoms with Crippen molar-refractivity contribution in [3.8, 4) is 5.75 Å². The van der Waals surface area contributed by atoms with E-state index >= 15 is 0 Å². The maximum atomic E-state index is 12.7. The summed E-state index contributed by atoms with van der Waals surface area (Å²) in [5.41, 5.74) is 1.68. The van der Waals surface area contributed by atoms with E-state index in [1.54, 1.807) is 43.3 Å². The zero-order chi connectivity index (χ0) is 21.4. The lowest BCUT2D eigenvalue weighted by atomic mass is 10.2. The van der Waals surface area contributed by atoms with Gasteiger partial charge >= 0.3 is 0 Å². The van der Waals surface area contributed by atoms with Crippen LogP contribution in [0.25, 0.3) is 0 Å². The molecule has 0 atom stereocenters. The Balaban J connectivity index is 2.06. The predicted octanol–water partition coefficient (Wildman–Crippen LogP) is 4.96. The van der Waals surface area contributed by atoms with E-state index in [9.17, 15) is 9.59 Å². The number of halogens is 1. The first-order valence-electron chi connectivity index (χ1n) is 9.23. The molecule has 0 saturated carbocycles. The topological polar surface area (TPSA) is 79.5 Å². The normalized spacial score (nSPS) is 10.4. The standard InChI is InChI=1S/C21H24BrN3O3S/c1-4-19(26)23-15-6-5-7-16(11-15)24-21(29)25-20(27)17-10-14(22)8-9-18(17)28-12-13(2)3/h5-11,13H,4,12H2,1-3H3,(H,23,26)(H2,24,25,27,29). The lowest BCUT2D eigenvalue weighted by Crippen LogP contribution is -2.34. The van der Waals surface area contributed by atoms with Crippen LogP contribution < -0.4 is 20.7 Å². The van der Waals surface area contributed by atoms with E-state index in [-0.39, 0.29) is 16.9 Å². The molecule has 6 nitrogen and oxygen atoms in total. The molecule has 2 amide bonds. The Hall–Kier alpha value is -2.45. The number of carbonyl (C=O) groups excluding carboxylic acids is 2. The Morgan fingerprint density at radius 1 is 1.10 bits per heavy atom. The number of thiocarbonyl (C=S) groups is 1. The van der Waals surface area contributed by atoms with Gasteiger partial charge in [0.1, 0.15) is 5.75 Å². The number of ether oxygens (including phenoxy) is 1. The third-order valence-electron chi connectivity index (χ3n) is 3.71. The molecule has 0 radical (unpaired) electrons. The van der Waals surface area contributed by atoms with Gasteiger partial charge in [0.05, 0.1) is 12.2 Å². The molecular formula is C21H24BrN3O3S. The van der Waals surface area contributed by atoms with Gasteiger partial charge in [0.25, 0.3) is 5.91 Å². The molecule has 0 heterocycles. The van der Waals surface area contributed by atoms with Crippen molar-refractivity contribution in [3.05, 3.63) is 52.5 Å². The number of hydrogen-bond acceptors (Lipinski definition) is 4. The largest absolute Gasteiger partial charge is 0.492 e. The fourth-order valence-electron chi connectivity index (χ4n) is 2.32. The second-order valence-corrected chi connectivity index (χ2v) is 8.06. The SMILES string of the molecule is CCC(=O)Nc1cccc(NC(=S)NC(=O)c2cc(Br)ccc2OCC(C)C)c1. The monoisotopic (exact) mass is 477 g/mol. The molecule has 2 aromatic carbocycles. The van der Waals surface area contributed by atoms with Gasteiger partial charge in [-0.05, 0) is 54.5 Å². The van der Waals surface area contributed by atoms with Gasteiger partial charge in [0.15, 0.2) is 5.11 Å². The average molecular weight is 478 g/mol. The molecule has 0 bridgehead atoms. The van der Waals surface area contributed by atoms with Crippen LogP contribution in [0.1, 0.15) is 37.6 Å². The summed E-state index contributed by atoms with van der Waals surface area (Å²) in [6.07, 6.45) is 0.389. The minimum absolute atomic E-state index is 0.0818. The zero-order valence-electron chi connectivity index (χ0n) is 16.5. The van der Waals surface area contributed by atoms with Crippen LogP contribution in [-0.4, -0.2) is 23.5 Å². The highest BCUT2D eigenvalue weighted by atomic mass is 79.9. The van der Waals surface area contributed by atoms with E-state index in [2.05, 4.69) is 31.9 Å². The lowest BCUT2D eigenvalue weighted by Gasteiger charge is -2.15. The van der Waals surface area contributed by atoms with Gasteiger partial charge < -0.3 is 15.4 Å². The highest BCUT2D eigenvalue weighted by Crippen LogP contribution is 2.24. The maximum Gasteiger partial charge on any atom is 0.261 e. The Morgan fingerprint density at radius 2 is 1.79 bits per heavy atom.